The number of unbranched alkanes of at least 4 members (excludes halogenated alkanes) is 14. The van der Waals surface area contributed by atoms with E-state index in [0.717, 1.165) is 51.4 Å². The maximum atomic E-state index is 12.1. The molecular weight excluding hydrogens is 596 g/mol. The standard InChI is InChI=1S/C43H72O5/c1-3-5-7-9-11-13-15-17-18-19-20-21-22-23-24-26-27-29-31-33-35-37-42(45)47-40-41(39-44)48-43(46)38-36-34-32-30-28-25-16-14-12-10-8-6-4-2/h6,8,12,14-15,17,19-20,25,28,32,34,41,44H,3-5,7,9-11,13,16,18,21-24,26-27,29-31,33,35-40H2,1-2H3/b8-6-,14-12-,17-15-,20-19-,28-25-,34-32-. The third-order valence-electron chi connectivity index (χ3n) is 8.00. The van der Waals surface area contributed by atoms with E-state index in [0.29, 0.717) is 12.8 Å². The minimum Gasteiger partial charge on any atom is -0.462 e. The summed E-state index contributed by atoms with van der Waals surface area (Å²) in [6, 6.07) is 0. The topological polar surface area (TPSA) is 72.8 Å². The molecule has 0 heterocycles. The maximum absolute atomic E-state index is 12.1. The SMILES string of the molecule is CC/C=C\C/C=C\C/C=C\C/C=C\CCC(=O)OC(CO)COC(=O)CCCCCCCCCCC/C=C\C/C=C\CCCCCCC. The maximum Gasteiger partial charge on any atom is 0.306 e. The molecule has 0 aliphatic rings. The van der Waals surface area contributed by atoms with E-state index in [-0.39, 0.29) is 25.6 Å². The Morgan fingerprint density at radius 1 is 0.500 bits per heavy atom. The van der Waals surface area contributed by atoms with Crippen LogP contribution in [0.5, 0.6) is 0 Å². The van der Waals surface area contributed by atoms with Crippen LogP contribution in [0, 0.1) is 0 Å². The van der Waals surface area contributed by atoms with Gasteiger partial charge in [-0.05, 0) is 70.6 Å². The molecule has 0 aliphatic carbocycles. The molecule has 0 rings (SSSR count). The number of esters is 2. The van der Waals surface area contributed by atoms with Gasteiger partial charge < -0.3 is 14.6 Å². The predicted molar refractivity (Wildman–Crippen MR) is 205 cm³/mol. The first-order chi connectivity index (χ1) is 23.6. The number of ether oxygens (including phenoxy) is 2. The molecule has 0 bridgehead atoms. The van der Waals surface area contributed by atoms with Crippen molar-refractivity contribution in [3.05, 3.63) is 72.9 Å². The van der Waals surface area contributed by atoms with Crippen molar-refractivity contribution in [1.82, 2.24) is 0 Å². The number of aliphatic hydroxyl groups excluding tert-OH is 1. The van der Waals surface area contributed by atoms with Crippen molar-refractivity contribution in [2.45, 2.75) is 174 Å². The molecule has 0 saturated heterocycles. The number of rotatable bonds is 34. The van der Waals surface area contributed by atoms with E-state index < -0.39 is 12.1 Å². The first kappa shape index (κ1) is 45.3. The number of allylic oxidation sites excluding steroid dienone is 12. The molecule has 0 spiro atoms. The van der Waals surface area contributed by atoms with Gasteiger partial charge in [0.2, 0.25) is 0 Å². The molecule has 1 unspecified atom stereocenters. The molecule has 0 aromatic carbocycles. The summed E-state index contributed by atoms with van der Waals surface area (Å²) in [5.41, 5.74) is 0. The van der Waals surface area contributed by atoms with Gasteiger partial charge in [-0.2, -0.15) is 0 Å². The Hall–Kier alpha value is -2.66. The van der Waals surface area contributed by atoms with E-state index in [1.807, 2.05) is 12.2 Å². The zero-order valence-corrected chi connectivity index (χ0v) is 31.0. The fourth-order valence-electron chi connectivity index (χ4n) is 5.07. The van der Waals surface area contributed by atoms with Crippen LogP contribution in [0.15, 0.2) is 72.9 Å². The highest BCUT2D eigenvalue weighted by Crippen LogP contribution is 2.12. The lowest BCUT2D eigenvalue weighted by Crippen LogP contribution is -2.28. The molecule has 5 heteroatoms. The average molecular weight is 669 g/mol. The van der Waals surface area contributed by atoms with Gasteiger partial charge in [0.1, 0.15) is 6.61 Å². The average Bonchev–Trinajstić information content (AvgIpc) is 3.09. The van der Waals surface area contributed by atoms with Crippen molar-refractivity contribution >= 4 is 11.9 Å². The highest BCUT2D eigenvalue weighted by Gasteiger charge is 2.15. The van der Waals surface area contributed by atoms with E-state index in [4.69, 9.17) is 9.47 Å². The van der Waals surface area contributed by atoms with E-state index >= 15 is 0 Å². The molecule has 0 aliphatic heterocycles. The Kier molecular flexibility index (Phi) is 36.6. The van der Waals surface area contributed by atoms with Crippen LogP contribution in [-0.4, -0.2) is 36.4 Å². The predicted octanol–water partition coefficient (Wildman–Crippen LogP) is 12.2. The number of hydrogen-bond acceptors (Lipinski definition) is 5. The molecule has 274 valence electrons. The quantitative estimate of drug-likeness (QED) is 0.0420. The summed E-state index contributed by atoms with van der Waals surface area (Å²) in [6.07, 6.45) is 51.2. The summed E-state index contributed by atoms with van der Waals surface area (Å²) < 4.78 is 10.5. The van der Waals surface area contributed by atoms with E-state index in [1.54, 1.807) is 0 Å². The number of carbonyl (C=O) groups is 2. The first-order valence-electron chi connectivity index (χ1n) is 19.5. The molecule has 0 radical (unpaired) electrons. The monoisotopic (exact) mass is 669 g/mol. The van der Waals surface area contributed by atoms with E-state index in [2.05, 4.69) is 74.6 Å². The second-order valence-electron chi connectivity index (χ2n) is 12.6. The zero-order valence-electron chi connectivity index (χ0n) is 31.0. The van der Waals surface area contributed by atoms with Gasteiger partial charge in [0.15, 0.2) is 6.10 Å². The second kappa shape index (κ2) is 38.8. The number of aliphatic hydroxyl groups is 1. The van der Waals surface area contributed by atoms with Gasteiger partial charge in [-0.1, -0.05) is 157 Å². The minimum absolute atomic E-state index is 0.100. The number of hydrogen-bond donors (Lipinski definition) is 1. The molecule has 1 N–H and O–H groups in total. The van der Waals surface area contributed by atoms with Crippen LogP contribution in [0.2, 0.25) is 0 Å². The highest BCUT2D eigenvalue weighted by atomic mass is 16.6. The summed E-state index contributed by atoms with van der Waals surface area (Å²) in [6.45, 7) is 3.93. The van der Waals surface area contributed by atoms with Crippen LogP contribution in [0.3, 0.4) is 0 Å². The Balaban J connectivity index is 3.64. The van der Waals surface area contributed by atoms with Crippen molar-refractivity contribution in [1.29, 1.82) is 0 Å². The number of carbonyl (C=O) groups excluding carboxylic acids is 2. The molecule has 48 heavy (non-hydrogen) atoms. The summed E-state index contributed by atoms with van der Waals surface area (Å²) >= 11 is 0. The lowest BCUT2D eigenvalue weighted by molar-refractivity contribution is -0.161. The van der Waals surface area contributed by atoms with Crippen molar-refractivity contribution in [3.8, 4) is 0 Å². The summed E-state index contributed by atoms with van der Waals surface area (Å²) in [5.74, 6) is -0.696. The molecule has 0 fully saturated rings. The lowest BCUT2D eigenvalue weighted by atomic mass is 10.1. The Morgan fingerprint density at radius 3 is 1.44 bits per heavy atom. The largest absolute Gasteiger partial charge is 0.462 e. The van der Waals surface area contributed by atoms with Gasteiger partial charge in [-0.3, -0.25) is 9.59 Å². The summed E-state index contributed by atoms with van der Waals surface area (Å²) in [4.78, 5) is 24.2. The van der Waals surface area contributed by atoms with Gasteiger partial charge in [0.25, 0.3) is 0 Å². The lowest BCUT2D eigenvalue weighted by Gasteiger charge is -2.15. The van der Waals surface area contributed by atoms with Gasteiger partial charge in [0.05, 0.1) is 6.61 Å². The molecule has 1 atom stereocenters. The van der Waals surface area contributed by atoms with Crippen LogP contribution < -0.4 is 0 Å². The molecule has 0 amide bonds. The van der Waals surface area contributed by atoms with Crippen molar-refractivity contribution < 1.29 is 24.2 Å². The Labute approximate surface area is 295 Å². The van der Waals surface area contributed by atoms with Gasteiger partial charge in [0, 0.05) is 12.8 Å². The fourth-order valence-corrected chi connectivity index (χ4v) is 5.07. The third-order valence-corrected chi connectivity index (χ3v) is 8.00. The zero-order chi connectivity index (χ0) is 35.0. The first-order valence-corrected chi connectivity index (χ1v) is 19.5. The smallest absolute Gasteiger partial charge is 0.306 e. The molecular formula is C43H72O5. The fraction of sp³-hybridized carbons (Fsp3) is 0.674. The molecule has 0 saturated carbocycles. The van der Waals surface area contributed by atoms with Crippen LogP contribution >= 0.6 is 0 Å². The van der Waals surface area contributed by atoms with Crippen LogP contribution in [0.4, 0.5) is 0 Å². The van der Waals surface area contributed by atoms with Crippen molar-refractivity contribution in [2.24, 2.45) is 0 Å². The Morgan fingerprint density at radius 2 is 0.938 bits per heavy atom. The van der Waals surface area contributed by atoms with Crippen LogP contribution in [-0.2, 0) is 19.1 Å². The van der Waals surface area contributed by atoms with Crippen LogP contribution in [0.1, 0.15) is 168 Å². The molecule has 0 aromatic heterocycles. The third kappa shape index (κ3) is 36.2. The second-order valence-corrected chi connectivity index (χ2v) is 12.6. The molecule has 0 aromatic rings. The summed E-state index contributed by atoms with van der Waals surface area (Å²) in [7, 11) is 0. The normalized spacial score (nSPS) is 13.0. The van der Waals surface area contributed by atoms with Gasteiger partial charge in [-0.25, -0.2) is 0 Å². The van der Waals surface area contributed by atoms with Gasteiger partial charge in [-0.15, -0.1) is 0 Å². The van der Waals surface area contributed by atoms with Crippen LogP contribution in [0.25, 0.3) is 0 Å². The van der Waals surface area contributed by atoms with Gasteiger partial charge >= 0.3 is 11.9 Å². The summed E-state index contributed by atoms with van der Waals surface area (Å²) in [5, 5.41) is 9.52. The minimum atomic E-state index is -0.813. The highest BCUT2D eigenvalue weighted by molar-refractivity contribution is 5.70. The van der Waals surface area contributed by atoms with Crippen molar-refractivity contribution in [3.63, 3.8) is 0 Å². The molecule has 5 nitrogen and oxygen atoms in total. The van der Waals surface area contributed by atoms with E-state index in [9.17, 15) is 14.7 Å². The Bertz CT molecular complexity index is 895. The van der Waals surface area contributed by atoms with Crippen molar-refractivity contribution in [2.75, 3.05) is 13.2 Å². The van der Waals surface area contributed by atoms with E-state index in [1.165, 1.54) is 83.5 Å².